The molecule has 1 aromatic rings. The monoisotopic (exact) mass is 301 g/mol. The fourth-order valence-electron chi connectivity index (χ4n) is 2.03. The number of nitrogens with zero attached hydrogens (tertiary/aromatic N) is 2. The number of hydrogen-bond acceptors (Lipinski definition) is 7. The van der Waals surface area contributed by atoms with Crippen LogP contribution in [0.5, 0.6) is 0 Å². The van der Waals surface area contributed by atoms with Gasteiger partial charge in [-0.05, 0) is 6.92 Å². The second-order valence-corrected chi connectivity index (χ2v) is 4.35. The summed E-state index contributed by atoms with van der Waals surface area (Å²) in [5.74, 6) is 2.72. The van der Waals surface area contributed by atoms with Gasteiger partial charge in [0, 0.05) is 0 Å². The molecule has 0 amide bonds. The zero-order valence-electron chi connectivity index (χ0n) is 12.8. The van der Waals surface area contributed by atoms with E-state index < -0.39 is 47.9 Å². The number of hydrogen-bond donors (Lipinski definition) is 4. The molecule has 9 heteroatoms. The Hall–Kier alpha value is -1.99. The maximum Gasteiger partial charge on any atom is 0.351 e. The van der Waals surface area contributed by atoms with Crippen LogP contribution in [-0.2, 0) is 4.74 Å². The normalized spacial score (nSPS) is 33.9. The van der Waals surface area contributed by atoms with Gasteiger partial charge in [-0.3, -0.25) is 4.57 Å². The Bertz CT molecular complexity index is 741. The Morgan fingerprint density at radius 2 is 2.43 bits per heavy atom. The van der Waals surface area contributed by atoms with Gasteiger partial charge in [0.2, 0.25) is 0 Å². The number of aliphatic hydroxyl groups is 3. The largest absolute Gasteiger partial charge is 0.394 e. The highest BCUT2D eigenvalue weighted by molar-refractivity contribution is 5.28. The minimum Gasteiger partial charge on any atom is -0.394 e. The Kier molecular flexibility index (Phi) is 3.28. The second-order valence-electron chi connectivity index (χ2n) is 4.35. The lowest BCUT2D eigenvalue weighted by molar-refractivity contribution is -0.0768. The maximum absolute atomic E-state index is 13.6. The van der Waals surface area contributed by atoms with Gasteiger partial charge in [-0.2, -0.15) is 4.98 Å². The molecule has 114 valence electrons. The van der Waals surface area contributed by atoms with E-state index in [-0.39, 0.29) is 0 Å². The number of nitrogen functional groups attached to an aromatic ring is 1. The van der Waals surface area contributed by atoms with Crippen LogP contribution in [0.25, 0.3) is 0 Å². The number of ether oxygens (including phenoxy) is 1. The maximum atomic E-state index is 13.6. The summed E-state index contributed by atoms with van der Waals surface area (Å²) in [5.41, 5.74) is 1.56. The van der Waals surface area contributed by atoms with E-state index in [2.05, 4.69) is 16.8 Å². The van der Waals surface area contributed by atoms with Crippen LogP contribution in [0.4, 0.5) is 10.2 Å². The van der Waals surface area contributed by atoms with Gasteiger partial charge in [0.25, 0.3) is 0 Å². The van der Waals surface area contributed by atoms with E-state index >= 15 is 0 Å². The van der Waals surface area contributed by atoms with Crippen molar-refractivity contribution >= 4 is 5.82 Å². The zero-order chi connectivity index (χ0) is 17.6. The molecule has 8 nitrogen and oxygen atoms in total. The van der Waals surface area contributed by atoms with E-state index in [1.54, 1.807) is 0 Å². The fraction of sp³-hybridized carbons (Fsp3) is 0.500. The molecule has 5 N–H and O–H groups in total. The minimum atomic E-state index is -3.05. The molecule has 1 aliphatic heterocycles. The highest BCUT2D eigenvalue weighted by Crippen LogP contribution is 2.37. The van der Waals surface area contributed by atoms with Crippen LogP contribution in [0, 0.1) is 17.7 Å². The Morgan fingerprint density at radius 3 is 3.00 bits per heavy atom. The summed E-state index contributed by atoms with van der Waals surface area (Å²) in [7, 11) is 0. The van der Waals surface area contributed by atoms with Crippen LogP contribution in [-0.4, -0.2) is 49.2 Å². The zero-order valence-corrected chi connectivity index (χ0v) is 10.8. The summed E-state index contributed by atoms with van der Waals surface area (Å²) < 4.78 is 33.6. The predicted octanol–water partition coefficient (Wildman–Crippen LogP) is -2.03. The Balaban J connectivity index is 2.62. The fourth-order valence-corrected chi connectivity index (χ4v) is 2.03. The third-order valence-corrected chi connectivity index (χ3v) is 3.03. The van der Waals surface area contributed by atoms with Crippen molar-refractivity contribution in [1.29, 1.82) is 0 Å². The van der Waals surface area contributed by atoms with E-state index in [1.165, 1.54) is 6.92 Å². The molecule has 2 rings (SSSR count). The quantitative estimate of drug-likeness (QED) is 0.463. The highest BCUT2D eigenvalue weighted by Gasteiger charge is 2.55. The number of rotatable bonds is 2. The van der Waals surface area contributed by atoms with E-state index in [1.807, 2.05) is 0 Å². The van der Waals surface area contributed by atoms with Gasteiger partial charge in [0.05, 0.1) is 15.5 Å². The number of halogens is 1. The first kappa shape index (κ1) is 12.7. The van der Waals surface area contributed by atoms with Gasteiger partial charge in [0.1, 0.15) is 12.2 Å². The molecule has 1 saturated heterocycles. The summed E-state index contributed by atoms with van der Waals surface area (Å²) in [6.07, 6.45) is -5.19. The minimum absolute atomic E-state index is 0.477. The van der Waals surface area contributed by atoms with Crippen LogP contribution in [0.3, 0.4) is 0 Å². The third-order valence-electron chi connectivity index (χ3n) is 3.03. The average molecular weight is 301 g/mol. The average Bonchev–Trinajstić information content (AvgIpc) is 2.67. The van der Waals surface area contributed by atoms with Crippen LogP contribution in [0.15, 0.2) is 11.0 Å². The molecule has 0 radical (unpaired) electrons. The standard InChI is InChI=1S/C12H14FN3O5/c1-2-3-12(20)8(18)7(5-17)21-10(12)16-4-6(13)9(14)15-11(16)19/h4,7-8,10,17-18,20H,5H2,1H3,(H2,14,15,19)/t7-,8+,10-,12?/m1/s1/i5D2. The lowest BCUT2D eigenvalue weighted by atomic mass is 9.94. The number of anilines is 1. The molecular weight excluding hydrogens is 285 g/mol. The number of aromatic nitrogens is 2. The molecule has 0 aliphatic carbocycles. The SMILES string of the molecule is [2H]C([2H])(O)[C@H]1O[C@@H](n2cc(F)c(N)nc2=O)C(O)(C#CC)[C@H]1O. The van der Waals surface area contributed by atoms with E-state index in [4.69, 9.17) is 13.2 Å². The number of aliphatic hydroxyl groups excluding tert-OH is 1. The molecule has 4 atom stereocenters. The van der Waals surface area contributed by atoms with Crippen molar-refractivity contribution in [2.75, 3.05) is 12.3 Å². The molecule has 1 unspecified atom stereocenters. The second kappa shape index (κ2) is 5.42. The summed E-state index contributed by atoms with van der Waals surface area (Å²) in [6, 6.07) is 0. The van der Waals surface area contributed by atoms with Gasteiger partial charge < -0.3 is 25.8 Å². The molecular formula is C12H14FN3O5. The first-order valence-electron chi connectivity index (χ1n) is 6.78. The molecule has 0 bridgehead atoms. The van der Waals surface area contributed by atoms with E-state index in [0.29, 0.717) is 10.8 Å². The third kappa shape index (κ3) is 2.38. The van der Waals surface area contributed by atoms with Gasteiger partial charge in [-0.15, -0.1) is 5.92 Å². The van der Waals surface area contributed by atoms with E-state index in [9.17, 15) is 24.5 Å². The molecule has 0 aromatic carbocycles. The molecule has 1 aromatic heterocycles. The lowest BCUT2D eigenvalue weighted by Gasteiger charge is -2.26. The van der Waals surface area contributed by atoms with Gasteiger partial charge in [0.15, 0.2) is 23.5 Å². The van der Waals surface area contributed by atoms with Gasteiger partial charge in [-0.25, -0.2) is 9.18 Å². The molecule has 1 aliphatic rings. The van der Waals surface area contributed by atoms with E-state index in [0.717, 1.165) is 0 Å². The van der Waals surface area contributed by atoms with Crippen LogP contribution in [0.2, 0.25) is 0 Å². The smallest absolute Gasteiger partial charge is 0.351 e. The van der Waals surface area contributed by atoms with Crippen molar-refractivity contribution in [1.82, 2.24) is 9.55 Å². The summed E-state index contributed by atoms with van der Waals surface area (Å²) in [5, 5.41) is 30.0. The van der Waals surface area contributed by atoms with Crippen molar-refractivity contribution in [3.05, 3.63) is 22.5 Å². The first-order valence-corrected chi connectivity index (χ1v) is 5.78. The van der Waals surface area contributed by atoms with Crippen LogP contribution >= 0.6 is 0 Å². The van der Waals surface area contributed by atoms with Crippen LogP contribution in [0.1, 0.15) is 15.9 Å². The van der Waals surface area contributed by atoms with Crippen molar-refractivity contribution in [2.45, 2.75) is 31.0 Å². The molecule has 1 fully saturated rings. The first-order chi connectivity index (χ1) is 10.5. The van der Waals surface area contributed by atoms with Crippen LogP contribution < -0.4 is 11.4 Å². The molecule has 21 heavy (non-hydrogen) atoms. The van der Waals surface area contributed by atoms with Crippen molar-refractivity contribution in [2.24, 2.45) is 0 Å². The summed E-state index contributed by atoms with van der Waals surface area (Å²) in [6.45, 7) is -1.74. The topological polar surface area (TPSA) is 131 Å². The van der Waals surface area contributed by atoms with Gasteiger partial charge in [-0.1, -0.05) is 5.92 Å². The summed E-state index contributed by atoms with van der Waals surface area (Å²) in [4.78, 5) is 15.1. The molecule has 0 spiro atoms. The van der Waals surface area contributed by atoms with Crippen molar-refractivity contribution in [3.63, 3.8) is 0 Å². The van der Waals surface area contributed by atoms with Gasteiger partial charge >= 0.3 is 5.69 Å². The lowest BCUT2D eigenvalue weighted by Crippen LogP contribution is -2.48. The molecule has 2 heterocycles. The Labute approximate surface area is 121 Å². The predicted molar refractivity (Wildman–Crippen MR) is 68.3 cm³/mol. The van der Waals surface area contributed by atoms with Crippen molar-refractivity contribution in [3.8, 4) is 11.8 Å². The highest BCUT2D eigenvalue weighted by atomic mass is 19.1. The number of nitrogens with two attached hydrogens (primary N) is 1. The van der Waals surface area contributed by atoms with Crippen molar-refractivity contribution < 1.29 is 27.2 Å². The Morgan fingerprint density at radius 1 is 1.76 bits per heavy atom. The molecule has 0 saturated carbocycles. The summed E-state index contributed by atoms with van der Waals surface area (Å²) >= 11 is 0.